The van der Waals surface area contributed by atoms with Crippen LogP contribution in [0.25, 0.3) is 6.08 Å². The van der Waals surface area contributed by atoms with Gasteiger partial charge in [0, 0.05) is 18.1 Å². The van der Waals surface area contributed by atoms with Gasteiger partial charge in [0.2, 0.25) is 5.78 Å². The van der Waals surface area contributed by atoms with Crippen LogP contribution in [0.1, 0.15) is 32.6 Å². The lowest BCUT2D eigenvalue weighted by Gasteiger charge is -2.29. The Morgan fingerprint density at radius 3 is 2.57 bits per heavy atom. The Morgan fingerprint density at radius 2 is 1.80 bits per heavy atom. The zero-order chi connectivity index (χ0) is 20.7. The first-order valence-corrected chi connectivity index (χ1v) is 10.2. The molecule has 0 fully saturated rings. The highest BCUT2D eigenvalue weighted by Gasteiger charge is 2.33. The predicted octanol–water partition coefficient (Wildman–Crippen LogP) is 5.62. The average Bonchev–Trinajstić information content (AvgIpc) is 3.07. The van der Waals surface area contributed by atoms with E-state index in [1.165, 1.54) is 11.1 Å². The summed E-state index contributed by atoms with van der Waals surface area (Å²) in [6, 6.07) is 19.4. The van der Waals surface area contributed by atoms with E-state index in [1.54, 1.807) is 24.3 Å². The van der Waals surface area contributed by atoms with Crippen molar-refractivity contribution in [1.29, 1.82) is 0 Å². The number of carbonyl (C=O) groups is 1. The fourth-order valence-electron chi connectivity index (χ4n) is 3.77. The highest BCUT2D eigenvalue weighted by Crippen LogP contribution is 2.42. The van der Waals surface area contributed by atoms with Crippen molar-refractivity contribution in [2.45, 2.75) is 20.0 Å². The molecule has 30 heavy (non-hydrogen) atoms. The van der Waals surface area contributed by atoms with Crippen molar-refractivity contribution in [1.82, 2.24) is 4.90 Å². The third-order valence-corrected chi connectivity index (χ3v) is 5.63. The highest BCUT2D eigenvalue weighted by atomic mass is 35.5. The van der Waals surface area contributed by atoms with E-state index in [0.29, 0.717) is 35.4 Å². The Labute approximate surface area is 180 Å². The normalized spacial score (nSPS) is 16.7. The van der Waals surface area contributed by atoms with Crippen molar-refractivity contribution in [3.63, 3.8) is 0 Å². The van der Waals surface area contributed by atoms with Crippen molar-refractivity contribution in [2.24, 2.45) is 0 Å². The largest absolute Gasteiger partial charge is 0.478 e. The van der Waals surface area contributed by atoms with E-state index in [4.69, 9.17) is 21.1 Å². The highest BCUT2D eigenvalue weighted by molar-refractivity contribution is 6.30. The molecular weight excluding hydrogens is 398 g/mol. The van der Waals surface area contributed by atoms with Crippen LogP contribution in [0.2, 0.25) is 5.02 Å². The molecule has 0 atom stereocenters. The van der Waals surface area contributed by atoms with E-state index in [0.717, 1.165) is 23.4 Å². The van der Waals surface area contributed by atoms with E-state index in [-0.39, 0.29) is 5.78 Å². The van der Waals surface area contributed by atoms with Gasteiger partial charge in [-0.05, 0) is 48.4 Å². The van der Waals surface area contributed by atoms with Crippen LogP contribution in [0.15, 0.2) is 66.4 Å². The summed E-state index contributed by atoms with van der Waals surface area (Å²) in [6.07, 6.45) is 1.75. The number of hydrogen-bond acceptors (Lipinski definition) is 4. The lowest BCUT2D eigenvalue weighted by atomic mass is 10.0. The molecule has 0 amide bonds. The van der Waals surface area contributed by atoms with Crippen LogP contribution in [0, 0.1) is 6.92 Å². The number of nitrogens with zero attached hydrogens (tertiary/aromatic N) is 1. The maximum Gasteiger partial charge on any atom is 0.231 e. The molecule has 0 aromatic heterocycles. The summed E-state index contributed by atoms with van der Waals surface area (Å²) < 4.78 is 12.0. The average molecular weight is 418 g/mol. The van der Waals surface area contributed by atoms with Crippen molar-refractivity contribution in [3.05, 3.63) is 99.3 Å². The molecule has 0 radical (unpaired) electrons. The molecule has 2 aliphatic rings. The van der Waals surface area contributed by atoms with Gasteiger partial charge in [0.25, 0.3) is 0 Å². The summed E-state index contributed by atoms with van der Waals surface area (Å²) >= 11 is 5.95. The van der Waals surface area contributed by atoms with Gasteiger partial charge in [-0.2, -0.15) is 0 Å². The molecule has 0 unspecified atom stereocenters. The first kappa shape index (κ1) is 18.9. The van der Waals surface area contributed by atoms with Crippen molar-refractivity contribution >= 4 is 23.5 Å². The summed E-state index contributed by atoms with van der Waals surface area (Å²) in [6.45, 7) is 4.01. The van der Waals surface area contributed by atoms with Crippen molar-refractivity contribution in [2.75, 3.05) is 6.73 Å². The molecule has 2 aliphatic heterocycles. The van der Waals surface area contributed by atoms with Crippen molar-refractivity contribution in [3.8, 4) is 11.5 Å². The Balaban J connectivity index is 1.41. The molecule has 0 saturated carbocycles. The minimum absolute atomic E-state index is 0.113. The first-order chi connectivity index (χ1) is 14.6. The number of hydrogen-bond donors (Lipinski definition) is 0. The number of halogens is 1. The molecule has 3 aromatic rings. The molecule has 150 valence electrons. The first-order valence-electron chi connectivity index (χ1n) is 9.83. The number of allylic oxidation sites excluding steroid dienone is 1. The predicted molar refractivity (Wildman–Crippen MR) is 117 cm³/mol. The molecule has 2 heterocycles. The zero-order valence-electron chi connectivity index (χ0n) is 16.5. The molecule has 5 rings (SSSR count). The summed E-state index contributed by atoms with van der Waals surface area (Å²) in [5.74, 6) is 1.58. The smallest absolute Gasteiger partial charge is 0.231 e. The monoisotopic (exact) mass is 417 g/mol. The second-order valence-electron chi connectivity index (χ2n) is 7.66. The van der Waals surface area contributed by atoms with E-state index in [1.807, 2.05) is 18.2 Å². The van der Waals surface area contributed by atoms with Crippen LogP contribution in [-0.2, 0) is 13.1 Å². The maximum absolute atomic E-state index is 12.9. The summed E-state index contributed by atoms with van der Waals surface area (Å²) in [5, 5.41) is 0.652. The standard InChI is InChI=1S/C25H20ClNO3/c1-16-2-4-18(5-3-16)13-27-14-21-22(29-15-27)11-10-20-24(28)23(30-25(20)21)12-17-6-8-19(26)9-7-17/h2-12H,13-15H2,1H3/b23-12-. The van der Waals surface area contributed by atoms with Gasteiger partial charge < -0.3 is 9.47 Å². The van der Waals surface area contributed by atoms with Crippen LogP contribution in [0.5, 0.6) is 11.5 Å². The number of rotatable bonds is 3. The van der Waals surface area contributed by atoms with Crippen LogP contribution >= 0.6 is 11.6 Å². The molecule has 3 aromatic carbocycles. The Kier molecular flexibility index (Phi) is 4.81. The Bertz CT molecular complexity index is 1150. The molecule has 0 spiro atoms. The van der Waals surface area contributed by atoms with E-state index >= 15 is 0 Å². The van der Waals surface area contributed by atoms with Crippen LogP contribution in [-0.4, -0.2) is 17.4 Å². The fourth-order valence-corrected chi connectivity index (χ4v) is 3.89. The van der Waals surface area contributed by atoms with Gasteiger partial charge >= 0.3 is 0 Å². The van der Waals surface area contributed by atoms with Crippen LogP contribution in [0.3, 0.4) is 0 Å². The minimum atomic E-state index is -0.113. The molecule has 0 N–H and O–H groups in total. The molecule has 0 saturated heterocycles. The maximum atomic E-state index is 12.9. The van der Waals surface area contributed by atoms with E-state index < -0.39 is 0 Å². The molecule has 0 bridgehead atoms. The second-order valence-corrected chi connectivity index (χ2v) is 8.09. The third-order valence-electron chi connectivity index (χ3n) is 5.38. The molecule has 0 aliphatic carbocycles. The number of ether oxygens (including phenoxy) is 2. The molecule has 4 nitrogen and oxygen atoms in total. The minimum Gasteiger partial charge on any atom is -0.478 e. The number of Topliss-reactive ketones (excluding diaryl/α,β-unsaturated/α-hetero) is 1. The van der Waals surface area contributed by atoms with Gasteiger partial charge in [-0.3, -0.25) is 9.69 Å². The number of fused-ring (bicyclic) bond motifs is 3. The zero-order valence-corrected chi connectivity index (χ0v) is 17.3. The van der Waals surface area contributed by atoms with E-state index in [2.05, 4.69) is 36.1 Å². The van der Waals surface area contributed by atoms with Gasteiger partial charge in [0.05, 0.1) is 11.1 Å². The quantitative estimate of drug-likeness (QED) is 0.519. The number of ketones is 1. The van der Waals surface area contributed by atoms with Gasteiger partial charge in [-0.25, -0.2) is 0 Å². The van der Waals surface area contributed by atoms with Crippen LogP contribution in [0.4, 0.5) is 0 Å². The lowest BCUT2D eigenvalue weighted by molar-refractivity contribution is 0.0873. The topological polar surface area (TPSA) is 38.8 Å². The number of benzene rings is 3. The number of carbonyl (C=O) groups excluding carboxylic acids is 1. The summed E-state index contributed by atoms with van der Waals surface area (Å²) in [4.78, 5) is 15.1. The molecular formula is C25H20ClNO3. The molecule has 5 heteroatoms. The summed E-state index contributed by atoms with van der Waals surface area (Å²) in [5.41, 5.74) is 4.82. The fraction of sp³-hybridized carbons (Fsp3) is 0.160. The van der Waals surface area contributed by atoms with Gasteiger partial charge in [-0.1, -0.05) is 53.6 Å². The summed E-state index contributed by atoms with van der Waals surface area (Å²) in [7, 11) is 0. The van der Waals surface area contributed by atoms with Crippen LogP contribution < -0.4 is 9.47 Å². The lowest BCUT2D eigenvalue weighted by Crippen LogP contribution is -2.31. The Morgan fingerprint density at radius 1 is 1.03 bits per heavy atom. The van der Waals surface area contributed by atoms with Gasteiger partial charge in [0.1, 0.15) is 18.2 Å². The van der Waals surface area contributed by atoms with Gasteiger partial charge in [-0.15, -0.1) is 0 Å². The SMILES string of the molecule is Cc1ccc(CN2COc3ccc4c(c3C2)O/C(=C\c2ccc(Cl)cc2)C4=O)cc1. The van der Waals surface area contributed by atoms with E-state index in [9.17, 15) is 4.79 Å². The van der Waals surface area contributed by atoms with Gasteiger partial charge in [0.15, 0.2) is 5.76 Å². The Hall–Kier alpha value is -3.08. The number of aryl methyl sites for hydroxylation is 1. The van der Waals surface area contributed by atoms with Crippen molar-refractivity contribution < 1.29 is 14.3 Å². The second kappa shape index (κ2) is 7.63. The third kappa shape index (κ3) is 3.60.